The van der Waals surface area contributed by atoms with Crippen LogP contribution in [0.2, 0.25) is 0 Å². The van der Waals surface area contributed by atoms with Gasteiger partial charge in [-0.3, -0.25) is 0 Å². The highest BCUT2D eigenvalue weighted by molar-refractivity contribution is 7.25. The number of para-hydroxylation sites is 2. The highest BCUT2D eigenvalue weighted by atomic mass is 32.1. The molecule has 298 valence electrons. The smallest absolute Gasteiger partial charge is 0.0547 e. The van der Waals surface area contributed by atoms with Crippen molar-refractivity contribution in [3.05, 3.63) is 205 Å². The molecular formula is C60H42N2S. The number of benzene rings is 9. The second-order valence-corrected chi connectivity index (χ2v) is 19.0. The summed E-state index contributed by atoms with van der Waals surface area (Å²) in [6.45, 7) is 0. The predicted octanol–water partition coefficient (Wildman–Crippen LogP) is 16.8. The molecule has 0 atom stereocenters. The van der Waals surface area contributed by atoms with Crippen LogP contribution in [0, 0.1) is 0 Å². The summed E-state index contributed by atoms with van der Waals surface area (Å²) in [5.74, 6) is 0. The molecular weight excluding hydrogens is 781 g/mol. The van der Waals surface area contributed by atoms with Crippen LogP contribution in [0.5, 0.6) is 0 Å². The predicted molar refractivity (Wildman–Crippen MR) is 268 cm³/mol. The van der Waals surface area contributed by atoms with Gasteiger partial charge >= 0.3 is 0 Å². The Kier molecular flexibility index (Phi) is 7.53. The molecule has 0 saturated heterocycles. The van der Waals surface area contributed by atoms with Gasteiger partial charge in [-0.1, -0.05) is 147 Å². The zero-order valence-electron chi connectivity index (χ0n) is 34.8. The van der Waals surface area contributed by atoms with Crippen molar-refractivity contribution < 1.29 is 0 Å². The van der Waals surface area contributed by atoms with Crippen LogP contribution < -0.4 is 0 Å². The first-order chi connectivity index (χ1) is 31.2. The van der Waals surface area contributed by atoms with E-state index in [2.05, 4.69) is 203 Å². The molecule has 0 aliphatic heterocycles. The quantitative estimate of drug-likeness (QED) is 0.167. The van der Waals surface area contributed by atoms with Gasteiger partial charge < -0.3 is 9.13 Å². The SMILES string of the molecule is c1ccc(-c2ccc(-n3c4ccccc4c4ccc(-c5ccc6c(c5)-c5cc7c(cc5C65CCCCC5)c5ccccc5n7-c5ccc6c(c5)sc5ccccc56)cc43)cc2)cc1. The minimum atomic E-state index is 0.0388. The summed E-state index contributed by atoms with van der Waals surface area (Å²) < 4.78 is 7.66. The Bertz CT molecular complexity index is 3820. The largest absolute Gasteiger partial charge is 0.309 e. The zero-order valence-corrected chi connectivity index (χ0v) is 35.6. The maximum absolute atomic E-state index is 2.61. The van der Waals surface area contributed by atoms with E-state index < -0.39 is 0 Å². The molecule has 9 aromatic carbocycles. The summed E-state index contributed by atoms with van der Waals surface area (Å²) >= 11 is 1.89. The Hall–Kier alpha value is -7.20. The number of nitrogens with zero attached hydrogens (tertiary/aromatic N) is 2. The third-order valence-corrected chi connectivity index (χ3v) is 15.9. The van der Waals surface area contributed by atoms with Gasteiger partial charge in [0, 0.05) is 58.5 Å². The van der Waals surface area contributed by atoms with E-state index in [0.717, 1.165) is 0 Å². The van der Waals surface area contributed by atoms with Gasteiger partial charge in [0.15, 0.2) is 0 Å². The molecule has 2 aliphatic carbocycles. The highest BCUT2D eigenvalue weighted by Crippen LogP contribution is 2.58. The normalized spacial score (nSPS) is 14.5. The molecule has 14 rings (SSSR count). The van der Waals surface area contributed by atoms with Crippen LogP contribution in [0.1, 0.15) is 43.2 Å². The molecule has 63 heavy (non-hydrogen) atoms. The van der Waals surface area contributed by atoms with Crippen molar-refractivity contribution in [3.8, 4) is 44.8 Å². The average Bonchev–Trinajstić information content (AvgIpc) is 4.06. The molecule has 3 heterocycles. The molecule has 0 unspecified atom stereocenters. The van der Waals surface area contributed by atoms with Crippen molar-refractivity contribution in [1.29, 1.82) is 0 Å². The van der Waals surface area contributed by atoms with Gasteiger partial charge in [-0.25, -0.2) is 0 Å². The Morgan fingerprint density at radius 3 is 1.70 bits per heavy atom. The van der Waals surface area contributed by atoms with Crippen LogP contribution >= 0.6 is 11.3 Å². The lowest BCUT2D eigenvalue weighted by molar-refractivity contribution is 0.353. The van der Waals surface area contributed by atoms with Gasteiger partial charge in [0.1, 0.15) is 0 Å². The topological polar surface area (TPSA) is 9.86 Å². The van der Waals surface area contributed by atoms with Gasteiger partial charge in [-0.05, 0) is 124 Å². The summed E-state index contributed by atoms with van der Waals surface area (Å²) in [6, 6.07) is 73.3. The van der Waals surface area contributed by atoms with Gasteiger partial charge in [0.2, 0.25) is 0 Å². The van der Waals surface area contributed by atoms with Gasteiger partial charge in [0.25, 0.3) is 0 Å². The fourth-order valence-electron chi connectivity index (χ4n) is 11.8. The molecule has 0 bridgehead atoms. The van der Waals surface area contributed by atoms with Crippen molar-refractivity contribution in [1.82, 2.24) is 9.13 Å². The summed E-state index contributed by atoms with van der Waals surface area (Å²) in [6.07, 6.45) is 6.25. The van der Waals surface area contributed by atoms with Crippen LogP contribution in [0.25, 0.3) is 109 Å². The summed E-state index contributed by atoms with van der Waals surface area (Å²) in [5, 5.41) is 7.91. The van der Waals surface area contributed by atoms with Crippen LogP contribution in [-0.2, 0) is 5.41 Å². The second kappa shape index (κ2) is 13.4. The lowest BCUT2D eigenvalue weighted by atomic mass is 9.67. The average molecular weight is 823 g/mol. The number of aromatic nitrogens is 2. The number of fused-ring (bicyclic) bond motifs is 14. The molecule has 0 radical (unpaired) electrons. The molecule has 2 nitrogen and oxygen atoms in total. The molecule has 1 saturated carbocycles. The molecule has 12 aromatic rings. The molecule has 1 spiro atoms. The van der Waals surface area contributed by atoms with Crippen LogP contribution in [0.4, 0.5) is 0 Å². The Morgan fingerprint density at radius 1 is 0.333 bits per heavy atom. The van der Waals surface area contributed by atoms with E-state index in [9.17, 15) is 0 Å². The standard InChI is InChI=1S/C60H42N2S/c1-3-13-38(14-4-1)39-21-25-42(26-22-39)61-54-18-8-5-15-44(54)46-28-23-41(34-56(46)61)40-24-30-52-49(33-40)50-37-57-51(36-53(50)60(52)31-11-2-12-32-60)45-16-6-9-19-55(45)62(57)43-27-29-48-47-17-7-10-20-58(47)63-59(48)35-43/h1,3-10,13-30,33-37H,2,11-12,31-32H2. The second-order valence-electron chi connectivity index (χ2n) is 17.9. The van der Waals surface area contributed by atoms with Gasteiger partial charge in [-0.15, -0.1) is 11.3 Å². The summed E-state index contributed by atoms with van der Waals surface area (Å²) in [4.78, 5) is 0. The highest BCUT2D eigenvalue weighted by Gasteiger charge is 2.44. The molecule has 0 amide bonds. The number of thiophene rings is 1. The summed E-state index contributed by atoms with van der Waals surface area (Å²) in [5.41, 5.74) is 18.3. The van der Waals surface area contributed by atoms with Crippen LogP contribution in [-0.4, -0.2) is 9.13 Å². The van der Waals surface area contributed by atoms with E-state index in [1.165, 1.54) is 152 Å². The first-order valence-electron chi connectivity index (χ1n) is 22.5. The molecule has 2 aliphatic rings. The first kappa shape index (κ1) is 35.4. The molecule has 1 fully saturated rings. The Balaban J connectivity index is 0.956. The maximum Gasteiger partial charge on any atom is 0.0547 e. The Morgan fingerprint density at radius 2 is 0.889 bits per heavy atom. The number of hydrogen-bond acceptors (Lipinski definition) is 1. The fourth-order valence-corrected chi connectivity index (χ4v) is 13.0. The molecule has 0 N–H and O–H groups in total. The van der Waals surface area contributed by atoms with E-state index in [1.807, 2.05) is 11.3 Å². The van der Waals surface area contributed by atoms with Crippen molar-refractivity contribution in [2.45, 2.75) is 37.5 Å². The van der Waals surface area contributed by atoms with Crippen molar-refractivity contribution in [2.24, 2.45) is 0 Å². The number of rotatable bonds is 4. The minimum absolute atomic E-state index is 0.0388. The third-order valence-electron chi connectivity index (χ3n) is 14.7. The van der Waals surface area contributed by atoms with Gasteiger partial charge in [-0.2, -0.15) is 0 Å². The van der Waals surface area contributed by atoms with E-state index in [1.54, 1.807) is 0 Å². The zero-order chi connectivity index (χ0) is 41.2. The molecule has 3 heteroatoms. The van der Waals surface area contributed by atoms with Crippen molar-refractivity contribution in [3.63, 3.8) is 0 Å². The van der Waals surface area contributed by atoms with Crippen molar-refractivity contribution >= 4 is 75.1 Å². The first-order valence-corrected chi connectivity index (χ1v) is 23.4. The molecule has 3 aromatic heterocycles. The van der Waals surface area contributed by atoms with Gasteiger partial charge in [0.05, 0.1) is 22.1 Å². The van der Waals surface area contributed by atoms with E-state index in [-0.39, 0.29) is 5.41 Å². The third kappa shape index (κ3) is 5.12. The lowest BCUT2D eigenvalue weighted by Gasteiger charge is -2.36. The number of hydrogen-bond donors (Lipinski definition) is 0. The summed E-state index contributed by atoms with van der Waals surface area (Å²) in [7, 11) is 0. The Labute approximate surface area is 369 Å². The maximum atomic E-state index is 2.61. The minimum Gasteiger partial charge on any atom is -0.309 e. The van der Waals surface area contributed by atoms with E-state index in [4.69, 9.17) is 0 Å². The van der Waals surface area contributed by atoms with E-state index >= 15 is 0 Å². The van der Waals surface area contributed by atoms with E-state index in [0.29, 0.717) is 0 Å². The van der Waals surface area contributed by atoms with Crippen LogP contribution in [0.3, 0.4) is 0 Å². The monoisotopic (exact) mass is 822 g/mol. The lowest BCUT2D eigenvalue weighted by Crippen LogP contribution is -2.28. The van der Waals surface area contributed by atoms with Crippen molar-refractivity contribution in [2.75, 3.05) is 0 Å². The van der Waals surface area contributed by atoms with Crippen LogP contribution in [0.15, 0.2) is 194 Å². The fraction of sp³-hybridized carbons (Fsp3) is 0.100.